The third kappa shape index (κ3) is 3.55. The number of methoxy groups -OCH3 is 1. The first-order valence-corrected chi connectivity index (χ1v) is 6.48. The SMILES string of the molecule is CCCCc1cccc(CCCC)c1OC. The van der Waals surface area contributed by atoms with Crippen LogP contribution < -0.4 is 4.74 Å². The molecule has 1 rings (SSSR count). The molecule has 1 nitrogen and oxygen atoms in total. The highest BCUT2D eigenvalue weighted by atomic mass is 16.5. The number of aryl methyl sites for hydroxylation is 2. The molecule has 0 aliphatic rings. The molecule has 0 aromatic heterocycles. The summed E-state index contributed by atoms with van der Waals surface area (Å²) < 4.78 is 5.57. The Labute approximate surface area is 99.8 Å². The molecule has 0 saturated heterocycles. The van der Waals surface area contributed by atoms with Crippen LogP contribution in [0.25, 0.3) is 0 Å². The van der Waals surface area contributed by atoms with Crippen LogP contribution in [0.3, 0.4) is 0 Å². The van der Waals surface area contributed by atoms with Gasteiger partial charge in [0.25, 0.3) is 0 Å². The van der Waals surface area contributed by atoms with E-state index in [1.165, 1.54) is 36.8 Å². The summed E-state index contributed by atoms with van der Waals surface area (Å²) >= 11 is 0. The van der Waals surface area contributed by atoms with Crippen LogP contribution in [-0.4, -0.2) is 7.11 Å². The van der Waals surface area contributed by atoms with E-state index in [0.717, 1.165) is 18.6 Å². The molecule has 1 aromatic carbocycles. The van der Waals surface area contributed by atoms with Gasteiger partial charge in [-0.15, -0.1) is 0 Å². The molecule has 1 aromatic rings. The highest BCUT2D eigenvalue weighted by Crippen LogP contribution is 2.26. The van der Waals surface area contributed by atoms with Crippen molar-refractivity contribution in [1.29, 1.82) is 0 Å². The Morgan fingerprint density at radius 3 is 1.81 bits per heavy atom. The zero-order valence-corrected chi connectivity index (χ0v) is 10.9. The molecule has 1 heteroatoms. The molecule has 0 aliphatic carbocycles. The summed E-state index contributed by atoms with van der Waals surface area (Å²) in [4.78, 5) is 0. The van der Waals surface area contributed by atoms with Gasteiger partial charge in [-0.2, -0.15) is 0 Å². The summed E-state index contributed by atoms with van der Waals surface area (Å²) in [6.07, 6.45) is 7.24. The fourth-order valence-corrected chi connectivity index (χ4v) is 2.03. The molecule has 0 radical (unpaired) electrons. The molecule has 0 heterocycles. The van der Waals surface area contributed by atoms with E-state index in [0.29, 0.717) is 0 Å². The predicted molar refractivity (Wildman–Crippen MR) is 70.2 cm³/mol. The highest BCUT2D eigenvalue weighted by Gasteiger charge is 2.07. The molecule has 0 N–H and O–H groups in total. The molecule has 0 fully saturated rings. The van der Waals surface area contributed by atoms with Gasteiger partial charge in [0.2, 0.25) is 0 Å². The van der Waals surface area contributed by atoms with Gasteiger partial charge in [0.05, 0.1) is 7.11 Å². The van der Waals surface area contributed by atoms with E-state index in [1.807, 2.05) is 0 Å². The Morgan fingerprint density at radius 2 is 1.44 bits per heavy atom. The Balaban J connectivity index is 2.82. The van der Waals surface area contributed by atoms with Gasteiger partial charge in [0.1, 0.15) is 5.75 Å². The Morgan fingerprint density at radius 1 is 0.938 bits per heavy atom. The third-order valence-corrected chi connectivity index (χ3v) is 2.98. The second kappa shape index (κ2) is 7.32. The average Bonchev–Trinajstić information content (AvgIpc) is 2.33. The second-order valence-corrected chi connectivity index (χ2v) is 4.32. The molecule has 0 atom stereocenters. The maximum Gasteiger partial charge on any atom is 0.125 e. The minimum atomic E-state index is 1.13. The van der Waals surface area contributed by atoms with E-state index < -0.39 is 0 Å². The number of unbranched alkanes of at least 4 members (excludes halogenated alkanes) is 2. The lowest BCUT2D eigenvalue weighted by atomic mass is 10.0. The Kier molecular flexibility index (Phi) is 5.99. The van der Waals surface area contributed by atoms with Crippen molar-refractivity contribution in [2.75, 3.05) is 7.11 Å². The monoisotopic (exact) mass is 220 g/mol. The van der Waals surface area contributed by atoms with Crippen LogP contribution in [0.2, 0.25) is 0 Å². The lowest BCUT2D eigenvalue weighted by molar-refractivity contribution is 0.403. The molecule has 0 unspecified atom stereocenters. The summed E-state index contributed by atoms with van der Waals surface area (Å²) in [6.45, 7) is 4.46. The molecule has 0 bridgehead atoms. The maximum absolute atomic E-state index is 5.57. The molecule has 0 spiro atoms. The van der Waals surface area contributed by atoms with Crippen molar-refractivity contribution >= 4 is 0 Å². The first-order chi connectivity index (χ1) is 7.83. The van der Waals surface area contributed by atoms with Crippen LogP contribution in [0.1, 0.15) is 50.7 Å². The number of benzene rings is 1. The standard InChI is InChI=1S/C15H24O/c1-4-6-9-13-11-8-12-14(10-7-5-2)15(13)16-3/h8,11-12H,4-7,9-10H2,1-3H3. The fourth-order valence-electron chi connectivity index (χ4n) is 2.03. The van der Waals surface area contributed by atoms with Gasteiger partial charge >= 0.3 is 0 Å². The van der Waals surface area contributed by atoms with Gasteiger partial charge in [-0.1, -0.05) is 44.9 Å². The zero-order valence-electron chi connectivity index (χ0n) is 10.9. The Bertz CT molecular complexity index is 278. The van der Waals surface area contributed by atoms with Gasteiger partial charge in [0, 0.05) is 0 Å². The lowest BCUT2D eigenvalue weighted by Gasteiger charge is -2.13. The van der Waals surface area contributed by atoms with Crippen LogP contribution in [0.15, 0.2) is 18.2 Å². The predicted octanol–water partition coefficient (Wildman–Crippen LogP) is 4.38. The van der Waals surface area contributed by atoms with E-state index in [9.17, 15) is 0 Å². The van der Waals surface area contributed by atoms with Crippen molar-refractivity contribution in [2.45, 2.75) is 52.4 Å². The summed E-state index contributed by atoms with van der Waals surface area (Å²) in [7, 11) is 1.79. The van der Waals surface area contributed by atoms with Crippen molar-refractivity contribution in [2.24, 2.45) is 0 Å². The first-order valence-electron chi connectivity index (χ1n) is 6.48. The minimum Gasteiger partial charge on any atom is -0.496 e. The Hall–Kier alpha value is -0.980. The van der Waals surface area contributed by atoms with Gasteiger partial charge in [-0.05, 0) is 36.8 Å². The summed E-state index contributed by atoms with van der Waals surface area (Å²) in [5, 5.41) is 0. The molecule has 90 valence electrons. The van der Waals surface area contributed by atoms with E-state index in [2.05, 4.69) is 32.0 Å². The maximum atomic E-state index is 5.57. The molecular weight excluding hydrogens is 196 g/mol. The van der Waals surface area contributed by atoms with E-state index in [4.69, 9.17) is 4.74 Å². The van der Waals surface area contributed by atoms with E-state index in [1.54, 1.807) is 7.11 Å². The number of ether oxygens (including phenoxy) is 1. The van der Waals surface area contributed by atoms with Crippen LogP contribution in [0, 0.1) is 0 Å². The molecule has 0 amide bonds. The highest BCUT2D eigenvalue weighted by molar-refractivity contribution is 5.41. The number of rotatable bonds is 7. The molecule has 16 heavy (non-hydrogen) atoms. The first kappa shape index (κ1) is 13.1. The van der Waals surface area contributed by atoms with Crippen LogP contribution in [-0.2, 0) is 12.8 Å². The fraction of sp³-hybridized carbons (Fsp3) is 0.600. The average molecular weight is 220 g/mol. The van der Waals surface area contributed by atoms with Crippen LogP contribution in [0.4, 0.5) is 0 Å². The normalized spacial score (nSPS) is 10.4. The smallest absolute Gasteiger partial charge is 0.125 e. The third-order valence-electron chi connectivity index (χ3n) is 2.98. The minimum absolute atomic E-state index is 1.13. The molecular formula is C15H24O. The van der Waals surface area contributed by atoms with Crippen molar-refractivity contribution in [3.8, 4) is 5.75 Å². The van der Waals surface area contributed by atoms with Crippen LogP contribution >= 0.6 is 0 Å². The lowest BCUT2D eigenvalue weighted by Crippen LogP contribution is -1.98. The zero-order chi connectivity index (χ0) is 11.8. The van der Waals surface area contributed by atoms with Gasteiger partial charge in [0.15, 0.2) is 0 Å². The quantitative estimate of drug-likeness (QED) is 0.662. The largest absolute Gasteiger partial charge is 0.496 e. The topological polar surface area (TPSA) is 9.23 Å². The summed E-state index contributed by atoms with van der Waals surface area (Å²) in [6, 6.07) is 6.56. The van der Waals surface area contributed by atoms with E-state index >= 15 is 0 Å². The van der Waals surface area contributed by atoms with Crippen LogP contribution in [0.5, 0.6) is 5.75 Å². The van der Waals surface area contributed by atoms with Crippen molar-refractivity contribution < 1.29 is 4.74 Å². The van der Waals surface area contributed by atoms with Gasteiger partial charge in [-0.25, -0.2) is 0 Å². The number of para-hydroxylation sites is 1. The number of hydrogen-bond donors (Lipinski definition) is 0. The van der Waals surface area contributed by atoms with E-state index in [-0.39, 0.29) is 0 Å². The second-order valence-electron chi connectivity index (χ2n) is 4.32. The molecule has 0 aliphatic heterocycles. The molecule has 0 saturated carbocycles. The summed E-state index contributed by atoms with van der Waals surface area (Å²) in [5.74, 6) is 1.13. The van der Waals surface area contributed by atoms with Crippen molar-refractivity contribution in [3.05, 3.63) is 29.3 Å². The summed E-state index contributed by atoms with van der Waals surface area (Å²) in [5.41, 5.74) is 2.75. The number of hydrogen-bond acceptors (Lipinski definition) is 1. The van der Waals surface area contributed by atoms with Crippen molar-refractivity contribution in [1.82, 2.24) is 0 Å². The van der Waals surface area contributed by atoms with Gasteiger partial charge in [-0.3, -0.25) is 0 Å². The van der Waals surface area contributed by atoms with Crippen molar-refractivity contribution in [3.63, 3.8) is 0 Å². The van der Waals surface area contributed by atoms with Gasteiger partial charge < -0.3 is 4.74 Å².